The topological polar surface area (TPSA) is 90.1 Å². The van der Waals surface area contributed by atoms with Crippen molar-refractivity contribution in [2.24, 2.45) is 0 Å². The molecule has 0 saturated carbocycles. The maximum Gasteiger partial charge on any atom is 0.160 e. The molecule has 0 bridgehead atoms. The van der Waals surface area contributed by atoms with Crippen LogP contribution in [0.5, 0.6) is 11.5 Å². The second-order valence-electron chi connectivity index (χ2n) is 6.14. The van der Waals surface area contributed by atoms with Crippen LogP contribution in [0.2, 0.25) is 10.2 Å². The van der Waals surface area contributed by atoms with Gasteiger partial charge in [-0.3, -0.25) is 0 Å². The summed E-state index contributed by atoms with van der Waals surface area (Å²) in [4.78, 5) is 16.5. The van der Waals surface area contributed by atoms with Crippen molar-refractivity contribution < 1.29 is 9.13 Å². The summed E-state index contributed by atoms with van der Waals surface area (Å²) in [5, 5.41) is 7.36. The number of ether oxygens (including phenoxy) is 1. The SMILES string of the molecule is Fc1cc(Oc2ccn3ncnc3c2)c(Cl)cc1Nc1ncnc2ccc(Cl)nc12. The molecule has 11 heteroatoms. The molecule has 4 aromatic heterocycles. The summed E-state index contributed by atoms with van der Waals surface area (Å²) in [6.45, 7) is 0. The van der Waals surface area contributed by atoms with Gasteiger partial charge in [-0.15, -0.1) is 0 Å². The number of halogens is 3. The average molecular weight is 442 g/mol. The standard InChI is InChI=1S/C19H10Cl2FN7O/c20-11-6-14(27-19-18-13(23-8-25-19)1-2-16(21)28-18)12(22)7-15(11)30-10-3-4-29-17(5-10)24-9-26-29/h1-9H,(H,23,25,27). The lowest BCUT2D eigenvalue weighted by Gasteiger charge is -2.12. The quantitative estimate of drug-likeness (QED) is 0.390. The summed E-state index contributed by atoms with van der Waals surface area (Å²) in [5.41, 5.74) is 1.65. The van der Waals surface area contributed by atoms with Crippen molar-refractivity contribution in [3.63, 3.8) is 0 Å². The maximum atomic E-state index is 14.8. The molecule has 0 radical (unpaired) electrons. The molecule has 5 aromatic rings. The zero-order valence-corrected chi connectivity index (χ0v) is 16.4. The van der Waals surface area contributed by atoms with Gasteiger partial charge in [0, 0.05) is 18.3 Å². The number of anilines is 2. The minimum Gasteiger partial charge on any atom is -0.455 e. The Hall–Kier alpha value is -3.56. The summed E-state index contributed by atoms with van der Waals surface area (Å²) < 4.78 is 22.1. The van der Waals surface area contributed by atoms with Crippen LogP contribution in [-0.4, -0.2) is 29.5 Å². The van der Waals surface area contributed by atoms with Crippen molar-refractivity contribution in [3.8, 4) is 11.5 Å². The number of hydrogen-bond donors (Lipinski definition) is 1. The number of benzene rings is 1. The van der Waals surface area contributed by atoms with Gasteiger partial charge in [-0.25, -0.2) is 28.8 Å². The van der Waals surface area contributed by atoms with E-state index >= 15 is 0 Å². The molecular weight excluding hydrogens is 432 g/mol. The minimum atomic E-state index is -0.591. The van der Waals surface area contributed by atoms with Crippen LogP contribution < -0.4 is 10.1 Å². The van der Waals surface area contributed by atoms with Gasteiger partial charge in [0.2, 0.25) is 0 Å². The van der Waals surface area contributed by atoms with E-state index in [-0.39, 0.29) is 21.6 Å². The lowest BCUT2D eigenvalue weighted by molar-refractivity contribution is 0.477. The van der Waals surface area contributed by atoms with E-state index in [0.717, 1.165) is 0 Å². The first-order valence-corrected chi connectivity index (χ1v) is 9.33. The molecule has 0 unspecified atom stereocenters. The molecule has 0 aliphatic carbocycles. The third kappa shape index (κ3) is 3.44. The molecule has 148 valence electrons. The highest BCUT2D eigenvalue weighted by Gasteiger charge is 2.14. The Labute approximate surface area is 178 Å². The van der Waals surface area contributed by atoms with Crippen molar-refractivity contribution in [1.29, 1.82) is 0 Å². The summed E-state index contributed by atoms with van der Waals surface area (Å²) in [6, 6.07) is 9.23. The third-order valence-corrected chi connectivity index (χ3v) is 4.71. The van der Waals surface area contributed by atoms with Gasteiger partial charge in [-0.2, -0.15) is 5.10 Å². The zero-order chi connectivity index (χ0) is 20.7. The largest absolute Gasteiger partial charge is 0.455 e. The first-order chi connectivity index (χ1) is 14.6. The second-order valence-corrected chi connectivity index (χ2v) is 6.93. The molecule has 0 fully saturated rings. The highest BCUT2D eigenvalue weighted by molar-refractivity contribution is 6.32. The molecule has 8 nitrogen and oxygen atoms in total. The van der Waals surface area contributed by atoms with Gasteiger partial charge in [-0.05, 0) is 24.3 Å². The number of pyridine rings is 2. The molecule has 0 aliphatic heterocycles. The van der Waals surface area contributed by atoms with Crippen LogP contribution >= 0.6 is 23.2 Å². The molecule has 1 N–H and O–H groups in total. The number of fused-ring (bicyclic) bond motifs is 2. The fraction of sp³-hybridized carbons (Fsp3) is 0. The Kier molecular flexibility index (Phi) is 4.53. The number of rotatable bonds is 4. The lowest BCUT2D eigenvalue weighted by Crippen LogP contribution is -2.00. The number of aromatic nitrogens is 6. The first kappa shape index (κ1) is 18.5. The fourth-order valence-corrected chi connectivity index (χ4v) is 3.17. The van der Waals surface area contributed by atoms with Gasteiger partial charge in [-0.1, -0.05) is 23.2 Å². The summed E-state index contributed by atoms with van der Waals surface area (Å²) in [7, 11) is 0. The molecule has 4 heterocycles. The van der Waals surface area contributed by atoms with Crippen LogP contribution in [0.25, 0.3) is 16.7 Å². The number of hydrogen-bond acceptors (Lipinski definition) is 7. The smallest absolute Gasteiger partial charge is 0.160 e. The molecule has 1 aromatic carbocycles. The van der Waals surface area contributed by atoms with Gasteiger partial charge < -0.3 is 10.1 Å². The molecule has 0 spiro atoms. The van der Waals surface area contributed by atoms with Crippen LogP contribution in [0.3, 0.4) is 0 Å². The monoisotopic (exact) mass is 441 g/mol. The van der Waals surface area contributed by atoms with Crippen LogP contribution in [0.15, 0.2) is 55.2 Å². The van der Waals surface area contributed by atoms with Gasteiger partial charge in [0.1, 0.15) is 40.6 Å². The van der Waals surface area contributed by atoms with Gasteiger partial charge in [0.05, 0.1) is 16.2 Å². The van der Waals surface area contributed by atoms with E-state index in [1.54, 1.807) is 35.0 Å². The molecule has 0 aliphatic rings. The maximum absolute atomic E-state index is 14.8. The van der Waals surface area contributed by atoms with Crippen molar-refractivity contribution in [1.82, 2.24) is 29.5 Å². The molecule has 5 rings (SSSR count). The summed E-state index contributed by atoms with van der Waals surface area (Å²) in [6.07, 6.45) is 4.44. The minimum absolute atomic E-state index is 0.0991. The van der Waals surface area contributed by atoms with Gasteiger partial charge in [0.25, 0.3) is 0 Å². The van der Waals surface area contributed by atoms with Crippen molar-refractivity contribution in [3.05, 3.63) is 71.2 Å². The van der Waals surface area contributed by atoms with Crippen LogP contribution in [0, 0.1) is 5.82 Å². The molecule has 0 saturated heterocycles. The predicted molar refractivity (Wildman–Crippen MR) is 110 cm³/mol. The lowest BCUT2D eigenvalue weighted by atomic mass is 10.2. The number of nitrogens with one attached hydrogen (secondary N) is 1. The Morgan fingerprint density at radius 1 is 1.00 bits per heavy atom. The molecule has 0 amide bonds. The van der Waals surface area contributed by atoms with Gasteiger partial charge >= 0.3 is 0 Å². The molecule has 30 heavy (non-hydrogen) atoms. The second kappa shape index (κ2) is 7.36. The normalized spacial score (nSPS) is 11.2. The highest BCUT2D eigenvalue weighted by atomic mass is 35.5. The van der Waals surface area contributed by atoms with E-state index in [0.29, 0.717) is 28.2 Å². The molecule has 0 atom stereocenters. The highest BCUT2D eigenvalue weighted by Crippen LogP contribution is 2.35. The predicted octanol–water partition coefficient (Wildman–Crippen LogP) is 5.05. The van der Waals surface area contributed by atoms with E-state index in [1.165, 1.54) is 24.8 Å². The van der Waals surface area contributed by atoms with E-state index in [1.807, 2.05) is 0 Å². The van der Waals surface area contributed by atoms with E-state index in [4.69, 9.17) is 27.9 Å². The summed E-state index contributed by atoms with van der Waals surface area (Å²) >= 11 is 12.3. The van der Waals surface area contributed by atoms with Crippen molar-refractivity contribution in [2.75, 3.05) is 5.32 Å². The Balaban J connectivity index is 1.46. The first-order valence-electron chi connectivity index (χ1n) is 8.57. The zero-order valence-electron chi connectivity index (χ0n) is 14.9. The van der Waals surface area contributed by atoms with Crippen molar-refractivity contribution in [2.45, 2.75) is 0 Å². The molecular formula is C19H10Cl2FN7O. The Bertz CT molecular complexity index is 1410. The van der Waals surface area contributed by atoms with Gasteiger partial charge in [0.15, 0.2) is 11.5 Å². The van der Waals surface area contributed by atoms with E-state index in [9.17, 15) is 4.39 Å². The third-order valence-electron chi connectivity index (χ3n) is 4.20. The van der Waals surface area contributed by atoms with Crippen LogP contribution in [0.1, 0.15) is 0 Å². The van der Waals surface area contributed by atoms with Crippen molar-refractivity contribution >= 4 is 51.4 Å². The number of nitrogens with zero attached hydrogens (tertiary/aromatic N) is 6. The Morgan fingerprint density at radius 3 is 2.80 bits per heavy atom. The van der Waals surface area contributed by atoms with E-state index in [2.05, 4.69) is 30.4 Å². The summed E-state index contributed by atoms with van der Waals surface area (Å²) in [5.74, 6) is 0.297. The van der Waals surface area contributed by atoms with Crippen LogP contribution in [-0.2, 0) is 0 Å². The Morgan fingerprint density at radius 2 is 1.90 bits per heavy atom. The van der Waals surface area contributed by atoms with Crippen LogP contribution in [0.4, 0.5) is 15.9 Å². The fourth-order valence-electron chi connectivity index (χ4n) is 2.83. The average Bonchev–Trinajstić information content (AvgIpc) is 3.20. The van der Waals surface area contributed by atoms with E-state index < -0.39 is 5.82 Å².